The van der Waals surface area contributed by atoms with Gasteiger partial charge in [0.05, 0.1) is 0 Å². The van der Waals surface area contributed by atoms with Gasteiger partial charge in [-0.3, -0.25) is 0 Å². The first kappa shape index (κ1) is 1850. The van der Waals surface area contributed by atoms with Gasteiger partial charge < -0.3 is 81.4 Å². The first-order valence-electron chi connectivity index (χ1n) is 0. The summed E-state index contributed by atoms with van der Waals surface area (Å²) in [4.78, 5) is 0. The predicted molar refractivity (Wildman–Crippen MR) is 5.49 cm³/mol. The molecule has 22 heavy (non-hydrogen) atoms. The monoisotopic (exact) mass is 762 g/mol. The second kappa shape index (κ2) is 1630. The minimum Gasteiger partial charge on any atom is -2.00 e. The molecular formula is Cu3F8Mo3O8. The van der Waals surface area contributed by atoms with Crippen LogP contribution in [0.4, 0.5) is 0 Å². The van der Waals surface area contributed by atoms with Gasteiger partial charge in [0.25, 0.3) is 0 Å². The van der Waals surface area contributed by atoms with E-state index in [-0.39, 0.29) is 196 Å². The molecule has 0 aromatic rings. The third-order valence-electron chi connectivity index (χ3n) is 0. The van der Waals surface area contributed by atoms with Gasteiger partial charge in [0.1, 0.15) is 0 Å². The van der Waals surface area contributed by atoms with Crippen molar-refractivity contribution in [2.24, 2.45) is 0 Å². The minimum absolute atomic E-state index is 0. The normalized spacial score (nSPS) is 0. The smallest absolute Gasteiger partial charge is 2.00 e. The van der Waals surface area contributed by atoms with Crippen LogP contribution in [0, 0.1) is 0 Å². The van der Waals surface area contributed by atoms with Crippen LogP contribution in [0.1, 0.15) is 0 Å². The fourth-order valence-corrected chi connectivity index (χ4v) is 0. The molecule has 0 saturated carbocycles. The average molecular weight is 758 g/mol. The maximum Gasteiger partial charge on any atom is 6.00 e. The van der Waals surface area contributed by atoms with E-state index in [2.05, 4.69) is 0 Å². The van der Waals surface area contributed by atoms with Crippen molar-refractivity contribution in [3.8, 4) is 0 Å². The Labute approximate surface area is 194 Å². The molecule has 8 nitrogen and oxygen atoms in total. The number of hydrogen-bond donors (Lipinski definition) is 0. The van der Waals surface area contributed by atoms with E-state index >= 15 is 0 Å². The van der Waals surface area contributed by atoms with E-state index in [1.807, 2.05) is 0 Å². The molecule has 0 rings (SSSR count). The maximum atomic E-state index is 0. The van der Waals surface area contributed by atoms with Crippen molar-refractivity contribution < 1.29 is 196 Å². The molecule has 0 unspecified atom stereocenters. The molecule has 0 bridgehead atoms. The van der Waals surface area contributed by atoms with E-state index in [0.717, 1.165) is 0 Å². The summed E-state index contributed by atoms with van der Waals surface area (Å²) in [7, 11) is 0. The van der Waals surface area contributed by atoms with Crippen molar-refractivity contribution in [1.29, 1.82) is 0 Å². The van der Waals surface area contributed by atoms with Crippen LogP contribution in [-0.4, -0.2) is 0 Å². The summed E-state index contributed by atoms with van der Waals surface area (Å²) in [5.41, 5.74) is 0. The van der Waals surface area contributed by atoms with Crippen LogP contribution < -0.4 is 37.6 Å². The summed E-state index contributed by atoms with van der Waals surface area (Å²) >= 11 is 0. The number of hydrogen-bond acceptors (Lipinski definition) is 0. The Bertz CT molecular complexity index is 40.6. The third kappa shape index (κ3) is 1430. The predicted octanol–water partition coefficient (Wildman–Crippen LogP) is -24.9. The standard InChI is InChI=1S/3Cu.8FH.3Mo.8O/h;;;8*1H;;;;;;;;;;;/q3*+2;;;;;;;;;3*+6;8*-2/p-8. The second-order valence-corrected chi connectivity index (χ2v) is 0. The third-order valence-corrected chi connectivity index (χ3v) is 0. The van der Waals surface area contributed by atoms with Crippen molar-refractivity contribution >= 4 is 0 Å². The van der Waals surface area contributed by atoms with Gasteiger partial charge in [0, 0.05) is 0 Å². The second-order valence-electron chi connectivity index (χ2n) is 0. The van der Waals surface area contributed by atoms with Crippen LogP contribution in [0.3, 0.4) is 0 Å². The first-order valence-corrected chi connectivity index (χ1v) is 0. The molecule has 0 aliphatic heterocycles. The number of rotatable bonds is 0. The van der Waals surface area contributed by atoms with E-state index in [4.69, 9.17) is 0 Å². The quantitative estimate of drug-likeness (QED) is 0.166. The van der Waals surface area contributed by atoms with E-state index in [0.29, 0.717) is 0 Å². The van der Waals surface area contributed by atoms with Crippen LogP contribution in [-0.2, 0) is 158 Å². The molecule has 22 heteroatoms. The minimum atomic E-state index is 0. The molecule has 0 saturated heterocycles. The SMILES string of the molecule is [Cu+2].[Cu+2].[Cu+2].[F-].[F-].[F-].[F-].[F-].[F-].[F-].[F-].[Mo+6].[Mo+6].[Mo+6].[O-2].[O-2].[O-2].[O-2].[O-2].[O-2].[O-2].[O-2]. The molecular weight excluding hydrogens is 758 g/mol. The van der Waals surface area contributed by atoms with E-state index in [1.54, 1.807) is 0 Å². The molecule has 0 aromatic heterocycles. The Balaban J connectivity index is 0. The van der Waals surface area contributed by atoms with Gasteiger partial charge in [-0.15, -0.1) is 0 Å². The Morgan fingerprint density at radius 1 is 0.182 bits per heavy atom. The zero-order valence-corrected chi connectivity index (χ0v) is 17.3. The zero-order chi connectivity index (χ0) is 0. The van der Waals surface area contributed by atoms with Crippen LogP contribution in [0.25, 0.3) is 0 Å². The molecule has 0 spiro atoms. The summed E-state index contributed by atoms with van der Waals surface area (Å²) in [6, 6.07) is 0. The van der Waals surface area contributed by atoms with Crippen molar-refractivity contribution in [3.63, 3.8) is 0 Å². The van der Waals surface area contributed by atoms with Crippen molar-refractivity contribution in [2.45, 2.75) is 0 Å². The van der Waals surface area contributed by atoms with Crippen LogP contribution >= 0.6 is 0 Å². The zero-order valence-electron chi connectivity index (χ0n) is 8.42. The van der Waals surface area contributed by atoms with Crippen molar-refractivity contribution in [3.05, 3.63) is 0 Å². The summed E-state index contributed by atoms with van der Waals surface area (Å²) in [6.07, 6.45) is 0. The van der Waals surface area contributed by atoms with Gasteiger partial charge in [0.15, 0.2) is 0 Å². The fraction of sp³-hybridized carbons (Fsp3) is 0. The summed E-state index contributed by atoms with van der Waals surface area (Å²) in [6.45, 7) is 0. The Kier molecular flexibility index (Phi) is 137000. The molecule has 155 valence electrons. The van der Waals surface area contributed by atoms with Crippen molar-refractivity contribution in [2.75, 3.05) is 0 Å². The van der Waals surface area contributed by atoms with Gasteiger partial charge in [-0.1, -0.05) is 0 Å². The molecule has 0 aromatic carbocycles. The summed E-state index contributed by atoms with van der Waals surface area (Å²) in [5.74, 6) is 0. The van der Waals surface area contributed by atoms with E-state index in [9.17, 15) is 0 Å². The van der Waals surface area contributed by atoms with Crippen LogP contribution in [0.5, 0.6) is 0 Å². The van der Waals surface area contributed by atoms with Crippen molar-refractivity contribution in [1.82, 2.24) is 0 Å². The maximum absolute atomic E-state index is 0. The van der Waals surface area contributed by atoms with E-state index < -0.39 is 0 Å². The topological polar surface area (TPSA) is 228 Å². The summed E-state index contributed by atoms with van der Waals surface area (Å²) in [5, 5.41) is 0. The van der Waals surface area contributed by atoms with Gasteiger partial charge in [-0.2, -0.15) is 0 Å². The number of halogens is 8. The molecule has 0 fully saturated rings. The molecule has 3 radical (unpaired) electrons. The Morgan fingerprint density at radius 3 is 0.182 bits per heavy atom. The fourth-order valence-electron chi connectivity index (χ4n) is 0. The van der Waals surface area contributed by atoms with Gasteiger partial charge >= 0.3 is 114 Å². The molecule has 0 aliphatic carbocycles. The van der Waals surface area contributed by atoms with Gasteiger partial charge in [0.2, 0.25) is 0 Å². The van der Waals surface area contributed by atoms with Gasteiger partial charge in [-0.25, -0.2) is 0 Å². The Morgan fingerprint density at radius 2 is 0.182 bits per heavy atom. The van der Waals surface area contributed by atoms with Crippen LogP contribution in [0.2, 0.25) is 0 Å². The molecule has 0 N–H and O–H groups in total. The molecule has 0 atom stereocenters. The molecule has 0 amide bonds. The average Bonchev–Trinajstić information content (AvgIpc) is 0. The van der Waals surface area contributed by atoms with Gasteiger partial charge in [-0.05, 0) is 0 Å². The Hall–Kier alpha value is 2.74. The van der Waals surface area contributed by atoms with E-state index in [1.165, 1.54) is 0 Å². The largest absolute Gasteiger partial charge is 6.00 e. The first-order chi connectivity index (χ1) is 0. The summed E-state index contributed by atoms with van der Waals surface area (Å²) < 4.78 is 0. The molecule has 0 heterocycles. The van der Waals surface area contributed by atoms with Crippen LogP contribution in [0.15, 0.2) is 0 Å². The molecule has 0 aliphatic rings.